The Morgan fingerprint density at radius 1 is 0.889 bits per heavy atom. The molecule has 0 amide bonds. The molecule has 0 radical (unpaired) electrons. The van der Waals surface area contributed by atoms with Crippen LogP contribution in [0.4, 0.5) is 0 Å². The van der Waals surface area contributed by atoms with Crippen molar-refractivity contribution in [3.8, 4) is 17.2 Å². The van der Waals surface area contributed by atoms with Gasteiger partial charge in [0.05, 0.1) is 17.2 Å². The highest BCUT2D eigenvalue weighted by Gasteiger charge is 2.67. The molecule has 4 aliphatic rings. The Labute approximate surface area is 213 Å². The quantitative estimate of drug-likeness (QED) is 0.589. The molecule has 6 rings (SSSR count). The molecule has 0 aliphatic heterocycles. The van der Waals surface area contributed by atoms with E-state index in [-0.39, 0.29) is 23.0 Å². The van der Waals surface area contributed by atoms with Crippen LogP contribution in [0.25, 0.3) is 11.1 Å². The molecule has 2 aromatic carbocycles. The van der Waals surface area contributed by atoms with Gasteiger partial charge in [-0.25, -0.2) is 0 Å². The van der Waals surface area contributed by atoms with Crippen molar-refractivity contribution in [2.45, 2.75) is 70.3 Å². The van der Waals surface area contributed by atoms with Gasteiger partial charge >= 0.3 is 0 Å². The van der Waals surface area contributed by atoms with E-state index >= 15 is 0 Å². The van der Waals surface area contributed by atoms with Crippen LogP contribution in [-0.4, -0.2) is 22.3 Å². The lowest BCUT2D eigenvalue weighted by atomic mass is 9.43. The van der Waals surface area contributed by atoms with E-state index in [1.165, 1.54) is 0 Å². The van der Waals surface area contributed by atoms with Crippen LogP contribution in [0.1, 0.15) is 69.4 Å². The molecule has 4 nitrogen and oxygen atoms in total. The van der Waals surface area contributed by atoms with Gasteiger partial charge in [-0.1, -0.05) is 48.9 Å². The van der Waals surface area contributed by atoms with Crippen LogP contribution in [0.3, 0.4) is 0 Å². The highest BCUT2D eigenvalue weighted by molar-refractivity contribution is 5.92. The molecular formula is C32H33NO3. The molecule has 3 saturated carbocycles. The summed E-state index contributed by atoms with van der Waals surface area (Å²) in [6.45, 7) is 2.14. The van der Waals surface area contributed by atoms with Gasteiger partial charge < -0.3 is 5.11 Å². The number of aliphatic hydroxyl groups is 1. The first-order chi connectivity index (χ1) is 17.3. The third-order valence-corrected chi connectivity index (χ3v) is 10.4. The van der Waals surface area contributed by atoms with Crippen molar-refractivity contribution in [3.63, 3.8) is 0 Å². The number of nitriles is 1. The monoisotopic (exact) mass is 479 g/mol. The van der Waals surface area contributed by atoms with E-state index < -0.39 is 11.0 Å². The fraction of sp³-hybridized carbons (Fsp3) is 0.469. The van der Waals surface area contributed by atoms with Gasteiger partial charge in [0, 0.05) is 23.7 Å². The Morgan fingerprint density at radius 3 is 2.25 bits per heavy atom. The zero-order valence-electron chi connectivity index (χ0n) is 20.9. The molecule has 4 heteroatoms. The third-order valence-electron chi connectivity index (χ3n) is 10.4. The lowest BCUT2D eigenvalue weighted by molar-refractivity contribution is -0.193. The predicted molar refractivity (Wildman–Crippen MR) is 138 cm³/mol. The molecule has 184 valence electrons. The Morgan fingerprint density at radius 2 is 1.56 bits per heavy atom. The summed E-state index contributed by atoms with van der Waals surface area (Å²) in [6, 6.07) is 18.3. The molecule has 3 fully saturated rings. The second kappa shape index (κ2) is 8.25. The number of fused-ring (bicyclic) bond motifs is 5. The average Bonchev–Trinajstić information content (AvgIpc) is 3.19. The minimum absolute atomic E-state index is 0.103. The van der Waals surface area contributed by atoms with E-state index in [0.29, 0.717) is 43.5 Å². The maximum atomic E-state index is 12.8. The fourth-order valence-corrected chi connectivity index (χ4v) is 8.34. The van der Waals surface area contributed by atoms with Crippen molar-refractivity contribution in [1.29, 1.82) is 5.26 Å². The minimum atomic E-state index is -0.890. The standard InChI is InChI=1S/C32H33NO3/c1-30-16-17-32(36)28(27(30)12-13-29(30)35)11-10-25-18-26(34)14-15-31(25,32)19-21-2-6-23(7-3-21)24-8-4-22(20-33)5-9-24/h2-9,18,27-28,36H,10-17,19H2,1H3/t27-,28-,30-,31+,32-/m0/s1. The molecular weight excluding hydrogens is 446 g/mol. The van der Waals surface area contributed by atoms with Gasteiger partial charge in [0.25, 0.3) is 0 Å². The zero-order valence-corrected chi connectivity index (χ0v) is 20.9. The van der Waals surface area contributed by atoms with E-state index in [9.17, 15) is 14.7 Å². The normalized spacial score (nSPS) is 35.3. The van der Waals surface area contributed by atoms with Gasteiger partial charge in [-0.15, -0.1) is 0 Å². The van der Waals surface area contributed by atoms with E-state index in [1.807, 2.05) is 30.3 Å². The molecule has 0 spiro atoms. The largest absolute Gasteiger partial charge is 0.389 e. The van der Waals surface area contributed by atoms with Gasteiger partial charge in [-0.3, -0.25) is 9.59 Å². The van der Waals surface area contributed by atoms with Crippen molar-refractivity contribution < 1.29 is 14.7 Å². The number of ketones is 2. The van der Waals surface area contributed by atoms with Crippen molar-refractivity contribution in [2.75, 3.05) is 0 Å². The van der Waals surface area contributed by atoms with E-state index in [2.05, 4.69) is 37.3 Å². The molecule has 0 unspecified atom stereocenters. The van der Waals surface area contributed by atoms with Gasteiger partial charge in [-0.2, -0.15) is 5.26 Å². The SMILES string of the molecule is C[C@]12CC[C@]3(O)[C@@H](CCC4=CC(=O)CC[C@@]43Cc3ccc(-c4ccc(C#N)cc4)cc3)[C@@H]1CCC2=O. The van der Waals surface area contributed by atoms with E-state index in [4.69, 9.17) is 5.26 Å². The molecule has 0 heterocycles. The van der Waals surface area contributed by atoms with Crippen LogP contribution < -0.4 is 0 Å². The maximum Gasteiger partial charge on any atom is 0.155 e. The second-order valence-corrected chi connectivity index (χ2v) is 11.8. The summed E-state index contributed by atoms with van der Waals surface area (Å²) >= 11 is 0. The summed E-state index contributed by atoms with van der Waals surface area (Å²) < 4.78 is 0. The van der Waals surface area contributed by atoms with Crippen LogP contribution in [-0.2, 0) is 16.0 Å². The van der Waals surface area contributed by atoms with Gasteiger partial charge in [0.2, 0.25) is 0 Å². The van der Waals surface area contributed by atoms with Crippen molar-refractivity contribution >= 4 is 11.6 Å². The second-order valence-electron chi connectivity index (χ2n) is 11.8. The number of carbonyl (C=O) groups is 2. The lowest BCUT2D eigenvalue weighted by Crippen LogP contribution is -2.64. The minimum Gasteiger partial charge on any atom is -0.389 e. The van der Waals surface area contributed by atoms with Crippen LogP contribution in [0, 0.1) is 34.0 Å². The highest BCUT2D eigenvalue weighted by Crippen LogP contribution is 2.67. The zero-order chi connectivity index (χ0) is 25.1. The Hall–Kier alpha value is -3.03. The topological polar surface area (TPSA) is 78.2 Å². The fourth-order valence-electron chi connectivity index (χ4n) is 8.34. The van der Waals surface area contributed by atoms with Crippen LogP contribution in [0.5, 0.6) is 0 Å². The number of Topliss-reactive ketones (excluding diaryl/α,β-unsaturated/α-hetero) is 1. The number of carbonyl (C=O) groups excluding carboxylic acids is 2. The van der Waals surface area contributed by atoms with Crippen molar-refractivity contribution in [3.05, 3.63) is 71.3 Å². The van der Waals surface area contributed by atoms with E-state index in [0.717, 1.165) is 47.9 Å². The van der Waals surface area contributed by atoms with Crippen LogP contribution >= 0.6 is 0 Å². The average molecular weight is 480 g/mol. The number of hydrogen-bond acceptors (Lipinski definition) is 4. The Balaban J connectivity index is 1.36. The summed E-state index contributed by atoms with van der Waals surface area (Å²) in [5.41, 5.74) is 3.45. The summed E-state index contributed by atoms with van der Waals surface area (Å²) in [5.74, 6) is 0.891. The summed E-state index contributed by atoms with van der Waals surface area (Å²) in [7, 11) is 0. The first-order valence-electron chi connectivity index (χ1n) is 13.4. The number of benzene rings is 2. The third kappa shape index (κ3) is 3.29. The molecule has 4 aliphatic carbocycles. The van der Waals surface area contributed by atoms with Gasteiger partial charge in [0.15, 0.2) is 5.78 Å². The van der Waals surface area contributed by atoms with Crippen molar-refractivity contribution in [1.82, 2.24) is 0 Å². The molecule has 0 bridgehead atoms. The molecule has 0 aromatic heterocycles. The van der Waals surface area contributed by atoms with Crippen molar-refractivity contribution in [2.24, 2.45) is 22.7 Å². The lowest BCUT2D eigenvalue weighted by Gasteiger charge is -2.63. The Bertz CT molecular complexity index is 1300. The smallest absolute Gasteiger partial charge is 0.155 e. The van der Waals surface area contributed by atoms with E-state index in [1.54, 1.807) is 0 Å². The highest BCUT2D eigenvalue weighted by atomic mass is 16.3. The Kier molecular flexibility index (Phi) is 5.36. The van der Waals surface area contributed by atoms with Gasteiger partial charge in [0.1, 0.15) is 5.78 Å². The molecule has 0 saturated heterocycles. The first kappa shape index (κ1) is 23.4. The van der Waals surface area contributed by atoms with Crippen LogP contribution in [0.15, 0.2) is 60.2 Å². The molecule has 36 heavy (non-hydrogen) atoms. The number of nitrogens with zero attached hydrogens (tertiary/aromatic N) is 1. The molecule has 5 atom stereocenters. The number of rotatable bonds is 3. The van der Waals surface area contributed by atoms with Crippen LogP contribution in [0.2, 0.25) is 0 Å². The maximum absolute atomic E-state index is 12.8. The summed E-state index contributed by atoms with van der Waals surface area (Å²) in [5, 5.41) is 21.7. The summed E-state index contributed by atoms with van der Waals surface area (Å²) in [6.07, 6.45) is 8.30. The first-order valence-corrected chi connectivity index (χ1v) is 13.4. The molecule has 2 aromatic rings. The summed E-state index contributed by atoms with van der Waals surface area (Å²) in [4.78, 5) is 25.3. The predicted octanol–water partition coefficient (Wildman–Crippen LogP) is 5.96. The number of hydrogen-bond donors (Lipinski definition) is 1. The van der Waals surface area contributed by atoms with Gasteiger partial charge in [-0.05, 0) is 91.7 Å². The molecule has 1 N–H and O–H groups in total.